The lowest BCUT2D eigenvalue weighted by molar-refractivity contribution is -0.123. The molecule has 2 aromatic carbocycles. The van der Waals surface area contributed by atoms with Gasteiger partial charge in [0.15, 0.2) is 6.10 Å². The van der Waals surface area contributed by atoms with Gasteiger partial charge < -0.3 is 20.7 Å². The third-order valence-corrected chi connectivity index (χ3v) is 5.36. The zero-order valence-electron chi connectivity index (χ0n) is 18.1. The Hall–Kier alpha value is -3.35. The number of nitrogens with zero attached hydrogens (tertiary/aromatic N) is 1. The van der Waals surface area contributed by atoms with Crippen LogP contribution in [-0.2, 0) is 16.0 Å². The minimum Gasteiger partial charge on any atom is -0.481 e. The average Bonchev–Trinajstić information content (AvgIpc) is 3.19. The van der Waals surface area contributed by atoms with Crippen molar-refractivity contribution in [1.29, 1.82) is 5.41 Å². The van der Waals surface area contributed by atoms with Crippen molar-refractivity contribution < 1.29 is 14.3 Å². The topological polar surface area (TPSA) is 109 Å². The molecule has 0 spiro atoms. The maximum Gasteiger partial charge on any atom is 0.265 e. The Morgan fingerprint density at radius 3 is 2.71 bits per heavy atom. The fraction of sp³-hybridized carbons (Fsp3) is 0.375. The maximum atomic E-state index is 13.0. The van der Waals surface area contributed by atoms with Gasteiger partial charge in [0, 0.05) is 29.9 Å². The van der Waals surface area contributed by atoms with Crippen molar-refractivity contribution in [2.24, 2.45) is 5.73 Å². The molecular weight excluding hydrogens is 392 g/mol. The Morgan fingerprint density at radius 2 is 2.06 bits per heavy atom. The smallest absolute Gasteiger partial charge is 0.265 e. The normalized spacial score (nSPS) is 14.4. The fourth-order valence-corrected chi connectivity index (χ4v) is 3.72. The van der Waals surface area contributed by atoms with Crippen LogP contribution in [0, 0.1) is 5.41 Å². The summed E-state index contributed by atoms with van der Waals surface area (Å²) in [5, 5.41) is 10.5. The third kappa shape index (κ3) is 5.42. The number of hydrogen-bond acceptors (Lipinski definition) is 4. The SMILES string of the molecule is CCCC(Oc1cccc(C(=N)N)c1)C(=O)Nc1ccc(CC)c(N2CCCC2=O)c1. The van der Waals surface area contributed by atoms with Crippen LogP contribution in [0.5, 0.6) is 5.75 Å². The Labute approximate surface area is 183 Å². The van der Waals surface area contributed by atoms with E-state index in [1.807, 2.05) is 30.0 Å². The number of aryl methyl sites for hydroxylation is 1. The number of nitrogens with two attached hydrogens (primary N) is 1. The Kier molecular flexibility index (Phi) is 7.28. The number of ether oxygens (including phenoxy) is 1. The number of hydrogen-bond donors (Lipinski definition) is 3. The average molecular weight is 423 g/mol. The summed E-state index contributed by atoms with van der Waals surface area (Å²) in [6.45, 7) is 4.75. The number of benzene rings is 2. The van der Waals surface area contributed by atoms with Gasteiger partial charge in [-0.05, 0) is 49.1 Å². The van der Waals surface area contributed by atoms with Gasteiger partial charge in [-0.25, -0.2) is 0 Å². The number of nitrogen functional groups attached to an aromatic ring is 1. The van der Waals surface area contributed by atoms with Crippen LogP contribution >= 0.6 is 0 Å². The highest BCUT2D eigenvalue weighted by Crippen LogP contribution is 2.29. The molecule has 1 aliphatic rings. The van der Waals surface area contributed by atoms with Crippen LogP contribution in [0.25, 0.3) is 0 Å². The second kappa shape index (κ2) is 10.1. The second-order valence-corrected chi connectivity index (χ2v) is 7.67. The molecule has 7 nitrogen and oxygen atoms in total. The first-order chi connectivity index (χ1) is 14.9. The van der Waals surface area contributed by atoms with Gasteiger partial charge in [0.1, 0.15) is 11.6 Å². The number of anilines is 2. The Bertz CT molecular complexity index is 973. The van der Waals surface area contributed by atoms with Crippen LogP contribution in [-0.4, -0.2) is 30.3 Å². The molecule has 1 saturated heterocycles. The zero-order valence-corrected chi connectivity index (χ0v) is 18.1. The molecule has 0 aromatic heterocycles. The van der Waals surface area contributed by atoms with Crippen molar-refractivity contribution in [3.63, 3.8) is 0 Å². The summed E-state index contributed by atoms with van der Waals surface area (Å²) in [4.78, 5) is 27.0. The zero-order chi connectivity index (χ0) is 22.4. The van der Waals surface area contributed by atoms with Crippen molar-refractivity contribution in [2.45, 2.75) is 52.1 Å². The van der Waals surface area contributed by atoms with E-state index in [0.717, 1.165) is 30.5 Å². The van der Waals surface area contributed by atoms with E-state index in [0.29, 0.717) is 36.4 Å². The van der Waals surface area contributed by atoms with E-state index in [1.54, 1.807) is 24.3 Å². The van der Waals surface area contributed by atoms with Gasteiger partial charge in [-0.1, -0.05) is 38.5 Å². The molecule has 1 aliphatic heterocycles. The van der Waals surface area contributed by atoms with E-state index in [4.69, 9.17) is 15.9 Å². The number of rotatable bonds is 9. The lowest BCUT2D eigenvalue weighted by Crippen LogP contribution is -2.33. The van der Waals surface area contributed by atoms with Crippen LogP contribution in [0.1, 0.15) is 50.7 Å². The highest BCUT2D eigenvalue weighted by molar-refractivity contribution is 5.99. The van der Waals surface area contributed by atoms with E-state index >= 15 is 0 Å². The largest absolute Gasteiger partial charge is 0.481 e. The van der Waals surface area contributed by atoms with Crippen molar-refractivity contribution in [3.8, 4) is 5.75 Å². The first kappa shape index (κ1) is 22.3. The quantitative estimate of drug-likeness (QED) is 0.421. The molecule has 1 fully saturated rings. The molecule has 4 N–H and O–H groups in total. The van der Waals surface area contributed by atoms with Gasteiger partial charge in [0.05, 0.1) is 0 Å². The molecule has 7 heteroatoms. The molecule has 1 atom stereocenters. The predicted octanol–water partition coefficient (Wildman–Crippen LogP) is 3.85. The van der Waals surface area contributed by atoms with E-state index in [-0.39, 0.29) is 17.6 Å². The highest BCUT2D eigenvalue weighted by Gasteiger charge is 2.25. The summed E-state index contributed by atoms with van der Waals surface area (Å²) in [5.41, 5.74) is 8.68. The van der Waals surface area contributed by atoms with Gasteiger partial charge in [-0.2, -0.15) is 0 Å². The second-order valence-electron chi connectivity index (χ2n) is 7.67. The van der Waals surface area contributed by atoms with Gasteiger partial charge in [-0.3, -0.25) is 15.0 Å². The van der Waals surface area contributed by atoms with Gasteiger partial charge in [-0.15, -0.1) is 0 Å². The summed E-state index contributed by atoms with van der Waals surface area (Å²) < 4.78 is 5.94. The first-order valence-electron chi connectivity index (χ1n) is 10.8. The Morgan fingerprint density at radius 1 is 1.26 bits per heavy atom. The number of carbonyl (C=O) groups is 2. The highest BCUT2D eigenvalue weighted by atomic mass is 16.5. The first-order valence-corrected chi connectivity index (χ1v) is 10.8. The van der Waals surface area contributed by atoms with E-state index in [9.17, 15) is 9.59 Å². The predicted molar refractivity (Wildman–Crippen MR) is 123 cm³/mol. The molecule has 1 heterocycles. The molecule has 1 unspecified atom stereocenters. The van der Waals surface area contributed by atoms with Crippen molar-refractivity contribution in [1.82, 2.24) is 0 Å². The summed E-state index contributed by atoms with van der Waals surface area (Å²) >= 11 is 0. The van der Waals surface area contributed by atoms with Crippen molar-refractivity contribution >= 4 is 29.0 Å². The summed E-state index contributed by atoms with van der Waals surface area (Å²) in [7, 11) is 0. The minimum absolute atomic E-state index is 0.0538. The van der Waals surface area contributed by atoms with Crippen molar-refractivity contribution in [2.75, 3.05) is 16.8 Å². The summed E-state index contributed by atoms with van der Waals surface area (Å²) in [5.74, 6) is 0.307. The van der Waals surface area contributed by atoms with Crippen molar-refractivity contribution in [3.05, 3.63) is 53.6 Å². The molecule has 0 aliphatic carbocycles. The number of nitrogens with one attached hydrogen (secondary N) is 2. The molecule has 164 valence electrons. The standard InChI is InChI=1S/C24H30N4O3/c1-3-7-21(31-19-9-5-8-17(14-19)23(25)26)24(30)27-18-12-11-16(4-2)20(15-18)28-13-6-10-22(28)29/h5,8-9,11-12,14-15,21H,3-4,6-7,10,13H2,1-2H3,(H3,25,26)(H,27,30). The molecule has 0 saturated carbocycles. The van der Waals surface area contributed by atoms with Crippen LogP contribution < -0.4 is 20.7 Å². The molecule has 2 aromatic rings. The number of carbonyl (C=O) groups excluding carboxylic acids is 2. The molecule has 31 heavy (non-hydrogen) atoms. The van der Waals surface area contributed by atoms with Crippen LogP contribution in [0.15, 0.2) is 42.5 Å². The lowest BCUT2D eigenvalue weighted by Gasteiger charge is -2.22. The fourth-order valence-electron chi connectivity index (χ4n) is 3.72. The summed E-state index contributed by atoms with van der Waals surface area (Å²) in [6.07, 6.45) is 2.85. The molecule has 0 radical (unpaired) electrons. The van der Waals surface area contributed by atoms with Gasteiger partial charge >= 0.3 is 0 Å². The summed E-state index contributed by atoms with van der Waals surface area (Å²) in [6, 6.07) is 12.6. The number of amidine groups is 1. The molecule has 0 bridgehead atoms. The third-order valence-electron chi connectivity index (χ3n) is 5.36. The maximum absolute atomic E-state index is 13.0. The van der Waals surface area contributed by atoms with E-state index in [1.165, 1.54) is 0 Å². The molecular formula is C24H30N4O3. The van der Waals surface area contributed by atoms with E-state index in [2.05, 4.69) is 12.2 Å². The molecule has 3 rings (SSSR count). The van der Waals surface area contributed by atoms with Crippen LogP contribution in [0.3, 0.4) is 0 Å². The van der Waals surface area contributed by atoms with Crippen LogP contribution in [0.2, 0.25) is 0 Å². The van der Waals surface area contributed by atoms with Gasteiger partial charge in [0.2, 0.25) is 5.91 Å². The monoisotopic (exact) mass is 422 g/mol. The van der Waals surface area contributed by atoms with Crippen LogP contribution in [0.4, 0.5) is 11.4 Å². The van der Waals surface area contributed by atoms with E-state index < -0.39 is 6.10 Å². The Balaban J connectivity index is 1.78. The lowest BCUT2D eigenvalue weighted by atomic mass is 10.1. The number of amides is 2. The molecule has 2 amide bonds. The minimum atomic E-state index is -0.685. The van der Waals surface area contributed by atoms with Gasteiger partial charge in [0.25, 0.3) is 5.91 Å².